The van der Waals surface area contributed by atoms with Gasteiger partial charge in [-0.3, -0.25) is 9.69 Å². The molecule has 0 radical (unpaired) electrons. The van der Waals surface area contributed by atoms with E-state index in [0.29, 0.717) is 31.2 Å². The van der Waals surface area contributed by atoms with Gasteiger partial charge in [-0.1, -0.05) is 54.1 Å². The molecule has 0 unspecified atom stereocenters. The number of hydrogen-bond acceptors (Lipinski definition) is 3. The van der Waals surface area contributed by atoms with Crippen LogP contribution in [0.4, 0.5) is 4.39 Å². The number of halogens is 1. The van der Waals surface area contributed by atoms with E-state index in [1.165, 1.54) is 42.8 Å². The van der Waals surface area contributed by atoms with E-state index in [4.69, 9.17) is 4.98 Å². The number of carbonyl (C=O) groups is 1. The predicted molar refractivity (Wildman–Crippen MR) is 165 cm³/mol. The van der Waals surface area contributed by atoms with Gasteiger partial charge in [0.2, 0.25) is 0 Å². The lowest BCUT2D eigenvalue weighted by molar-refractivity contribution is 0.0603. The van der Waals surface area contributed by atoms with Crippen LogP contribution in [0.3, 0.4) is 0 Å². The van der Waals surface area contributed by atoms with Crippen molar-refractivity contribution in [2.24, 2.45) is 0 Å². The minimum absolute atomic E-state index is 0.0244. The fraction of sp³-hybridized carbons (Fsp3) is 0.444. The summed E-state index contributed by atoms with van der Waals surface area (Å²) in [6.45, 7) is 6.46. The Bertz CT molecular complexity index is 1570. The highest BCUT2D eigenvalue weighted by molar-refractivity contribution is 5.94. The van der Waals surface area contributed by atoms with Gasteiger partial charge in [-0.15, -0.1) is 0 Å². The van der Waals surface area contributed by atoms with Gasteiger partial charge in [-0.05, 0) is 101 Å². The van der Waals surface area contributed by atoms with Gasteiger partial charge in [-0.25, -0.2) is 9.37 Å². The SMILES string of the molecule is Cc1ccc(F)c(C(=O)N2CCC(CCN3[C@@H]4CC[C@H]3C[C@@H](n3c(C)nc5ccccc53)C4)(c3ccccc3)CC2)c1. The normalized spacial score (nSPS) is 23.9. The number of hydrogen-bond donors (Lipinski definition) is 0. The van der Waals surface area contributed by atoms with E-state index < -0.39 is 5.82 Å². The molecule has 0 aliphatic carbocycles. The van der Waals surface area contributed by atoms with E-state index >= 15 is 0 Å². The number of benzene rings is 3. The highest BCUT2D eigenvalue weighted by Crippen LogP contribution is 2.45. The van der Waals surface area contributed by atoms with Gasteiger partial charge in [0.15, 0.2) is 0 Å². The van der Waals surface area contributed by atoms with E-state index in [1.807, 2.05) is 11.8 Å². The largest absolute Gasteiger partial charge is 0.338 e. The third-order valence-corrected chi connectivity index (χ3v) is 10.6. The van der Waals surface area contributed by atoms with Crippen LogP contribution in [0.5, 0.6) is 0 Å². The van der Waals surface area contributed by atoms with Crippen LogP contribution >= 0.6 is 0 Å². The van der Waals surface area contributed by atoms with Crippen LogP contribution in [0.2, 0.25) is 0 Å². The molecule has 3 aliphatic rings. The maximum Gasteiger partial charge on any atom is 0.256 e. The molecule has 42 heavy (non-hydrogen) atoms. The second-order valence-electron chi connectivity index (χ2n) is 12.9. The van der Waals surface area contributed by atoms with Crippen molar-refractivity contribution in [2.45, 2.75) is 82.3 Å². The molecule has 3 fully saturated rings. The topological polar surface area (TPSA) is 41.4 Å². The lowest BCUT2D eigenvalue weighted by Crippen LogP contribution is -2.49. The zero-order chi connectivity index (χ0) is 28.8. The van der Waals surface area contributed by atoms with Crippen molar-refractivity contribution in [3.05, 3.63) is 101 Å². The first kappa shape index (κ1) is 27.3. The molecule has 0 spiro atoms. The number of amides is 1. The zero-order valence-electron chi connectivity index (χ0n) is 24.8. The van der Waals surface area contributed by atoms with Crippen molar-refractivity contribution in [3.8, 4) is 0 Å². The number of piperidine rings is 2. The fourth-order valence-corrected chi connectivity index (χ4v) is 8.38. The molecule has 1 amide bonds. The van der Waals surface area contributed by atoms with Gasteiger partial charge in [0.1, 0.15) is 11.6 Å². The van der Waals surface area contributed by atoms with E-state index in [-0.39, 0.29) is 16.9 Å². The number of carbonyl (C=O) groups excluding carboxylic acids is 1. The van der Waals surface area contributed by atoms with Crippen molar-refractivity contribution in [2.75, 3.05) is 19.6 Å². The lowest BCUT2D eigenvalue weighted by Gasteiger charge is -2.45. The summed E-state index contributed by atoms with van der Waals surface area (Å²) in [5.41, 5.74) is 4.87. The molecule has 2 bridgehead atoms. The van der Waals surface area contributed by atoms with Crippen LogP contribution in [0.15, 0.2) is 72.8 Å². The maximum absolute atomic E-state index is 14.6. The molecule has 6 heteroatoms. The summed E-state index contributed by atoms with van der Waals surface area (Å²) in [4.78, 5) is 22.9. The van der Waals surface area contributed by atoms with Crippen LogP contribution in [0.25, 0.3) is 11.0 Å². The van der Waals surface area contributed by atoms with E-state index in [1.54, 1.807) is 12.1 Å². The Morgan fingerprint density at radius 1 is 0.905 bits per heavy atom. The molecule has 0 saturated carbocycles. The Balaban J connectivity index is 1.07. The molecule has 3 aliphatic heterocycles. The van der Waals surface area contributed by atoms with Crippen molar-refractivity contribution in [1.29, 1.82) is 0 Å². The van der Waals surface area contributed by atoms with Gasteiger partial charge in [0, 0.05) is 31.2 Å². The summed E-state index contributed by atoms with van der Waals surface area (Å²) in [5, 5.41) is 0. The molecular formula is C36H41FN4O. The van der Waals surface area contributed by atoms with Crippen LogP contribution in [0, 0.1) is 19.7 Å². The second kappa shape index (κ2) is 11.0. The van der Waals surface area contributed by atoms with Gasteiger partial charge in [0.05, 0.1) is 16.6 Å². The summed E-state index contributed by atoms with van der Waals surface area (Å²) >= 11 is 0. The molecule has 4 heterocycles. The fourth-order valence-electron chi connectivity index (χ4n) is 8.38. The number of rotatable bonds is 6. The molecule has 3 aromatic carbocycles. The second-order valence-corrected chi connectivity index (χ2v) is 12.9. The zero-order valence-corrected chi connectivity index (χ0v) is 24.8. The van der Waals surface area contributed by atoms with Crippen LogP contribution in [0.1, 0.15) is 78.3 Å². The number of para-hydroxylation sites is 2. The molecular weight excluding hydrogens is 523 g/mol. The summed E-state index contributed by atoms with van der Waals surface area (Å²) < 4.78 is 17.1. The number of aryl methyl sites for hydroxylation is 2. The van der Waals surface area contributed by atoms with Gasteiger partial charge < -0.3 is 9.47 Å². The molecule has 5 nitrogen and oxygen atoms in total. The van der Waals surface area contributed by atoms with Crippen molar-refractivity contribution < 1.29 is 9.18 Å². The smallest absolute Gasteiger partial charge is 0.256 e. The maximum atomic E-state index is 14.6. The quantitative estimate of drug-likeness (QED) is 0.248. The Morgan fingerprint density at radius 3 is 2.33 bits per heavy atom. The Hall–Kier alpha value is -3.51. The minimum Gasteiger partial charge on any atom is -0.338 e. The highest BCUT2D eigenvalue weighted by atomic mass is 19.1. The number of aromatic nitrogens is 2. The van der Waals surface area contributed by atoms with Crippen LogP contribution in [-0.2, 0) is 5.41 Å². The van der Waals surface area contributed by atoms with Gasteiger partial charge in [0.25, 0.3) is 5.91 Å². The Labute approximate surface area is 248 Å². The summed E-state index contributed by atoms with van der Waals surface area (Å²) in [6.07, 6.45) is 7.80. The molecule has 3 saturated heterocycles. The van der Waals surface area contributed by atoms with Crippen LogP contribution in [-0.4, -0.2) is 57.0 Å². The number of likely N-dealkylation sites (tertiary alicyclic amines) is 1. The monoisotopic (exact) mass is 564 g/mol. The van der Waals surface area contributed by atoms with E-state index in [0.717, 1.165) is 42.7 Å². The van der Waals surface area contributed by atoms with Crippen LogP contribution < -0.4 is 0 Å². The van der Waals surface area contributed by atoms with Crippen molar-refractivity contribution in [1.82, 2.24) is 19.4 Å². The van der Waals surface area contributed by atoms with E-state index in [2.05, 4.69) is 71.0 Å². The van der Waals surface area contributed by atoms with E-state index in [9.17, 15) is 9.18 Å². The molecule has 1 aromatic heterocycles. The third kappa shape index (κ3) is 4.84. The Kier molecular flexibility index (Phi) is 7.13. The highest BCUT2D eigenvalue weighted by Gasteiger charge is 2.44. The van der Waals surface area contributed by atoms with Crippen molar-refractivity contribution >= 4 is 16.9 Å². The number of nitrogens with zero attached hydrogens (tertiary/aromatic N) is 4. The lowest BCUT2D eigenvalue weighted by atomic mass is 9.70. The summed E-state index contributed by atoms with van der Waals surface area (Å²) in [5.74, 6) is 0.521. The first-order valence-electron chi connectivity index (χ1n) is 15.7. The standard InChI is InChI=1S/C36H41FN4O/c1-25-12-15-32(37)31(22-25)35(42)39-19-16-36(17-20-39,27-8-4-3-5-9-27)18-21-40-28-13-14-29(40)24-30(23-28)41-26(2)38-33-10-6-7-11-34(33)41/h3-12,15,22,28-30H,13-14,16-21,23-24H2,1-2H3/t28-,29+,30+. The van der Waals surface area contributed by atoms with Crippen molar-refractivity contribution in [3.63, 3.8) is 0 Å². The first-order valence-corrected chi connectivity index (χ1v) is 15.7. The third-order valence-electron chi connectivity index (χ3n) is 10.6. The average Bonchev–Trinajstić information content (AvgIpc) is 3.48. The van der Waals surface area contributed by atoms with Gasteiger partial charge >= 0.3 is 0 Å². The summed E-state index contributed by atoms with van der Waals surface area (Å²) in [7, 11) is 0. The minimum atomic E-state index is -0.428. The summed E-state index contributed by atoms with van der Waals surface area (Å²) in [6, 6.07) is 26.0. The first-order chi connectivity index (χ1) is 20.4. The molecule has 0 N–H and O–H groups in total. The molecule has 7 rings (SSSR count). The molecule has 218 valence electrons. The average molecular weight is 565 g/mol. The predicted octanol–water partition coefficient (Wildman–Crippen LogP) is 7.22. The molecule has 4 aromatic rings. The van der Waals surface area contributed by atoms with Gasteiger partial charge in [-0.2, -0.15) is 0 Å². The number of imidazole rings is 1. The number of fused-ring (bicyclic) bond motifs is 3. The Morgan fingerprint density at radius 2 is 1.60 bits per heavy atom. The molecule has 3 atom stereocenters.